The number of carbonyl (C=O) groups is 1. The first-order chi connectivity index (χ1) is 13.5. The van der Waals surface area contributed by atoms with E-state index in [0.717, 1.165) is 51.1 Å². The predicted molar refractivity (Wildman–Crippen MR) is 114 cm³/mol. The van der Waals surface area contributed by atoms with Gasteiger partial charge >= 0.3 is 5.97 Å². The zero-order valence-electron chi connectivity index (χ0n) is 17.2. The van der Waals surface area contributed by atoms with Crippen LogP contribution in [0.15, 0.2) is 12.2 Å². The average Bonchev–Trinajstić information content (AvgIpc) is 3.38. The minimum absolute atomic E-state index is 0.121. The smallest absolute Gasteiger partial charge is 0.303 e. The van der Waals surface area contributed by atoms with E-state index in [4.69, 9.17) is 16.7 Å². The minimum atomic E-state index is -0.723. The highest BCUT2D eigenvalue weighted by Crippen LogP contribution is 2.53. The molecule has 2 saturated carbocycles. The van der Waals surface area contributed by atoms with Crippen LogP contribution in [-0.4, -0.2) is 51.7 Å². The van der Waals surface area contributed by atoms with E-state index in [9.17, 15) is 9.90 Å². The van der Waals surface area contributed by atoms with E-state index in [1.807, 2.05) is 0 Å². The Labute approximate surface area is 175 Å². The third kappa shape index (κ3) is 6.21. The highest BCUT2D eigenvalue weighted by atomic mass is 35.5. The molecular weight excluding hydrogens is 374 g/mol. The second-order valence-electron chi connectivity index (χ2n) is 9.42. The number of carboxylic acids is 1. The molecule has 4 nitrogen and oxygen atoms in total. The van der Waals surface area contributed by atoms with Crippen molar-refractivity contribution in [2.45, 2.75) is 101 Å². The van der Waals surface area contributed by atoms with E-state index in [-0.39, 0.29) is 23.3 Å². The van der Waals surface area contributed by atoms with Crippen LogP contribution in [0.5, 0.6) is 0 Å². The van der Waals surface area contributed by atoms with Crippen molar-refractivity contribution in [3.8, 4) is 0 Å². The molecule has 3 fully saturated rings. The normalized spacial score (nSPS) is 28.5. The maximum absolute atomic E-state index is 10.9. The van der Waals surface area contributed by atoms with Gasteiger partial charge in [-0.2, -0.15) is 0 Å². The summed E-state index contributed by atoms with van der Waals surface area (Å²) in [5.74, 6) is 0.177. The van der Waals surface area contributed by atoms with E-state index < -0.39 is 5.97 Å². The van der Waals surface area contributed by atoms with Gasteiger partial charge in [-0.1, -0.05) is 31.4 Å². The van der Waals surface area contributed by atoms with Gasteiger partial charge < -0.3 is 10.2 Å². The fraction of sp³-hybridized carbons (Fsp3) is 0.870. The van der Waals surface area contributed by atoms with Crippen molar-refractivity contribution in [3.63, 3.8) is 0 Å². The molecule has 0 spiro atoms. The van der Waals surface area contributed by atoms with E-state index in [0.29, 0.717) is 12.5 Å². The van der Waals surface area contributed by atoms with Crippen molar-refractivity contribution >= 4 is 17.6 Å². The van der Waals surface area contributed by atoms with E-state index in [2.05, 4.69) is 17.1 Å². The quantitative estimate of drug-likeness (QED) is 0.255. The molecule has 0 aromatic carbocycles. The molecule has 0 amide bonds. The summed E-state index contributed by atoms with van der Waals surface area (Å²) in [6.07, 6.45) is 17.6. The SMILES string of the molecule is O=C(O)CCC/C=C\C[C@H]1C(Cl)CCN1CCCC(O)C1(CC2CC2)CCC1. The fourth-order valence-electron chi connectivity index (χ4n) is 5.17. The molecule has 1 heterocycles. The van der Waals surface area contributed by atoms with Crippen LogP contribution in [0.4, 0.5) is 0 Å². The molecule has 5 heteroatoms. The first-order valence-corrected chi connectivity index (χ1v) is 11.9. The standard InChI is InChI=1S/C23H38ClNO3/c24-19-12-16-25(20(19)7-3-1-2-4-9-22(27)28)15-5-8-21(26)23(13-6-14-23)17-18-10-11-18/h1,3,18-21,26H,2,4-17H2,(H,27,28)/b3-1-/t19?,20-,21?/m0/s1. The number of aliphatic hydroxyl groups excluding tert-OH is 1. The average molecular weight is 412 g/mol. The first-order valence-electron chi connectivity index (χ1n) is 11.4. The number of nitrogens with zero attached hydrogens (tertiary/aromatic N) is 1. The molecule has 2 aliphatic carbocycles. The van der Waals surface area contributed by atoms with Crippen LogP contribution < -0.4 is 0 Å². The Balaban J connectivity index is 1.36. The number of hydrogen-bond donors (Lipinski definition) is 2. The van der Waals surface area contributed by atoms with Crippen LogP contribution in [-0.2, 0) is 4.79 Å². The molecule has 0 bridgehead atoms. The predicted octanol–water partition coefficient (Wildman–Crippen LogP) is 4.98. The van der Waals surface area contributed by atoms with Gasteiger partial charge in [-0.3, -0.25) is 9.69 Å². The summed E-state index contributed by atoms with van der Waals surface area (Å²) < 4.78 is 0. The molecule has 160 valence electrons. The van der Waals surface area contributed by atoms with Crippen molar-refractivity contribution in [2.24, 2.45) is 11.3 Å². The van der Waals surface area contributed by atoms with Crippen LogP contribution in [0.1, 0.15) is 83.5 Å². The number of aliphatic carboxylic acids is 1. The van der Waals surface area contributed by atoms with E-state index >= 15 is 0 Å². The fourth-order valence-corrected chi connectivity index (χ4v) is 5.53. The molecule has 2 unspecified atom stereocenters. The second-order valence-corrected chi connectivity index (χ2v) is 9.98. The topological polar surface area (TPSA) is 60.8 Å². The van der Waals surface area contributed by atoms with Gasteiger partial charge in [0.25, 0.3) is 0 Å². The number of alkyl halides is 1. The lowest BCUT2D eigenvalue weighted by atomic mass is 9.61. The van der Waals surface area contributed by atoms with Gasteiger partial charge in [-0.05, 0) is 82.2 Å². The molecule has 2 N–H and O–H groups in total. The van der Waals surface area contributed by atoms with Crippen LogP contribution >= 0.6 is 11.6 Å². The highest BCUT2D eigenvalue weighted by molar-refractivity contribution is 6.21. The lowest BCUT2D eigenvalue weighted by molar-refractivity contribution is -0.137. The van der Waals surface area contributed by atoms with Crippen molar-refractivity contribution in [2.75, 3.05) is 13.1 Å². The van der Waals surface area contributed by atoms with Crippen LogP contribution in [0.25, 0.3) is 0 Å². The summed E-state index contributed by atoms with van der Waals surface area (Å²) >= 11 is 6.56. The Morgan fingerprint density at radius 2 is 2.00 bits per heavy atom. The number of unbranched alkanes of at least 4 members (excludes halogenated alkanes) is 1. The minimum Gasteiger partial charge on any atom is -0.481 e. The van der Waals surface area contributed by atoms with Gasteiger partial charge in [0.2, 0.25) is 0 Å². The zero-order chi connectivity index (χ0) is 20.0. The molecule has 1 saturated heterocycles. The van der Waals surface area contributed by atoms with Gasteiger partial charge in [0.05, 0.1) is 11.5 Å². The van der Waals surface area contributed by atoms with Crippen molar-refractivity contribution in [1.82, 2.24) is 4.90 Å². The molecule has 3 aliphatic rings. The zero-order valence-corrected chi connectivity index (χ0v) is 18.0. The summed E-state index contributed by atoms with van der Waals surface area (Å²) in [5, 5.41) is 19.7. The number of hydrogen-bond acceptors (Lipinski definition) is 3. The molecule has 0 radical (unpaired) electrons. The van der Waals surface area contributed by atoms with Gasteiger partial charge in [0.15, 0.2) is 0 Å². The lowest BCUT2D eigenvalue weighted by Crippen LogP contribution is -2.42. The van der Waals surface area contributed by atoms with Crippen molar-refractivity contribution in [3.05, 3.63) is 12.2 Å². The second kappa shape index (κ2) is 10.4. The van der Waals surface area contributed by atoms with Crippen LogP contribution in [0.3, 0.4) is 0 Å². The molecule has 0 aromatic rings. The molecular formula is C23H38ClNO3. The van der Waals surface area contributed by atoms with E-state index in [1.165, 1.54) is 38.5 Å². The van der Waals surface area contributed by atoms with Gasteiger partial charge in [-0.15, -0.1) is 11.6 Å². The molecule has 28 heavy (non-hydrogen) atoms. The number of halogens is 1. The summed E-state index contributed by atoms with van der Waals surface area (Å²) in [5.41, 5.74) is 0.249. The summed E-state index contributed by atoms with van der Waals surface area (Å²) in [7, 11) is 0. The summed E-state index contributed by atoms with van der Waals surface area (Å²) in [6.45, 7) is 2.08. The summed E-state index contributed by atoms with van der Waals surface area (Å²) in [6, 6.07) is 0.374. The number of carboxylic acid groups (broad SMARTS) is 1. The molecule has 1 aliphatic heterocycles. The monoisotopic (exact) mass is 411 g/mol. The van der Waals surface area contributed by atoms with Gasteiger partial charge in [0.1, 0.15) is 0 Å². The lowest BCUT2D eigenvalue weighted by Gasteiger charge is -2.46. The van der Waals surface area contributed by atoms with E-state index in [1.54, 1.807) is 0 Å². The maximum Gasteiger partial charge on any atom is 0.303 e. The van der Waals surface area contributed by atoms with Crippen LogP contribution in [0, 0.1) is 11.3 Å². The molecule has 3 rings (SSSR count). The van der Waals surface area contributed by atoms with Crippen LogP contribution in [0.2, 0.25) is 0 Å². The molecule has 0 aromatic heterocycles. The van der Waals surface area contributed by atoms with Gasteiger partial charge in [0, 0.05) is 12.5 Å². The Morgan fingerprint density at radius 1 is 1.21 bits per heavy atom. The number of likely N-dealkylation sites (tertiary alicyclic amines) is 1. The van der Waals surface area contributed by atoms with Crippen molar-refractivity contribution in [1.29, 1.82) is 0 Å². The number of rotatable bonds is 13. The Bertz CT molecular complexity index is 530. The molecule has 3 atom stereocenters. The Kier molecular flexibility index (Phi) is 8.25. The maximum atomic E-state index is 10.9. The third-order valence-corrected chi connectivity index (χ3v) is 7.76. The highest BCUT2D eigenvalue weighted by Gasteiger charge is 2.46. The van der Waals surface area contributed by atoms with Crippen molar-refractivity contribution < 1.29 is 15.0 Å². The van der Waals surface area contributed by atoms with Gasteiger partial charge in [-0.25, -0.2) is 0 Å². The Hall–Kier alpha value is -0.580. The Morgan fingerprint density at radius 3 is 2.64 bits per heavy atom. The number of aliphatic hydroxyl groups is 1. The first kappa shape index (κ1) is 22.1. The summed E-state index contributed by atoms with van der Waals surface area (Å²) in [4.78, 5) is 13.1. The third-order valence-electron chi connectivity index (χ3n) is 7.26. The largest absolute Gasteiger partial charge is 0.481 e. The number of allylic oxidation sites excluding steroid dienone is 1.